The Balaban J connectivity index is 1.89. The van der Waals surface area contributed by atoms with Gasteiger partial charge >= 0.3 is 0 Å². The van der Waals surface area contributed by atoms with Gasteiger partial charge in [-0.2, -0.15) is 4.31 Å². The van der Waals surface area contributed by atoms with Gasteiger partial charge in [0.25, 0.3) is 0 Å². The predicted molar refractivity (Wildman–Crippen MR) is 80.2 cm³/mol. The van der Waals surface area contributed by atoms with Crippen LogP contribution in [0.25, 0.3) is 0 Å². The Bertz CT molecular complexity index is 621. The standard InChI is InChI=1S/C14H20N2O5S/c1-15(2)14(17)10-21-12-8-16(9-12)22(18,19)13-6-4-11(20-3)5-7-13/h4-7,12H,8-10H2,1-3H3. The van der Waals surface area contributed by atoms with Crippen molar-refractivity contribution in [2.24, 2.45) is 0 Å². The van der Waals surface area contributed by atoms with Gasteiger partial charge in [0.2, 0.25) is 15.9 Å². The fraction of sp³-hybridized carbons (Fsp3) is 0.500. The molecular formula is C14H20N2O5S. The maximum Gasteiger partial charge on any atom is 0.248 e. The van der Waals surface area contributed by atoms with Crippen LogP contribution in [-0.2, 0) is 19.6 Å². The lowest BCUT2D eigenvalue weighted by molar-refractivity contribution is -0.138. The average molecular weight is 328 g/mol. The van der Waals surface area contributed by atoms with Crippen molar-refractivity contribution in [2.45, 2.75) is 11.0 Å². The van der Waals surface area contributed by atoms with Crippen LogP contribution >= 0.6 is 0 Å². The van der Waals surface area contributed by atoms with Crippen molar-refractivity contribution in [1.82, 2.24) is 9.21 Å². The fourth-order valence-corrected chi connectivity index (χ4v) is 3.42. The van der Waals surface area contributed by atoms with Crippen LogP contribution in [0, 0.1) is 0 Å². The Kier molecular flexibility index (Phi) is 5.05. The molecule has 0 radical (unpaired) electrons. The summed E-state index contributed by atoms with van der Waals surface area (Å²) in [6.45, 7) is 0.484. The van der Waals surface area contributed by atoms with Crippen molar-refractivity contribution in [3.63, 3.8) is 0 Å². The first-order valence-corrected chi connectivity index (χ1v) is 8.24. The molecule has 1 aliphatic heterocycles. The Morgan fingerprint density at radius 1 is 1.27 bits per heavy atom. The van der Waals surface area contributed by atoms with Gasteiger partial charge in [0.15, 0.2) is 0 Å². The van der Waals surface area contributed by atoms with E-state index < -0.39 is 10.0 Å². The molecule has 22 heavy (non-hydrogen) atoms. The summed E-state index contributed by atoms with van der Waals surface area (Å²) >= 11 is 0. The zero-order chi connectivity index (χ0) is 16.3. The van der Waals surface area contributed by atoms with Crippen molar-refractivity contribution < 1.29 is 22.7 Å². The monoisotopic (exact) mass is 328 g/mol. The number of likely N-dealkylation sites (N-methyl/N-ethyl adjacent to an activating group) is 1. The first-order chi connectivity index (χ1) is 10.3. The summed E-state index contributed by atoms with van der Waals surface area (Å²) < 4.78 is 36.4. The summed E-state index contributed by atoms with van der Waals surface area (Å²) in [6, 6.07) is 6.24. The van der Waals surface area contributed by atoms with E-state index >= 15 is 0 Å². The molecule has 0 saturated carbocycles. The lowest BCUT2D eigenvalue weighted by atomic mass is 10.2. The molecule has 7 nitrogen and oxygen atoms in total. The van der Waals surface area contributed by atoms with Crippen LogP contribution in [0.15, 0.2) is 29.2 Å². The highest BCUT2D eigenvalue weighted by molar-refractivity contribution is 7.89. The second-order valence-corrected chi connectivity index (χ2v) is 7.16. The number of hydrogen-bond donors (Lipinski definition) is 0. The molecule has 2 rings (SSSR count). The molecule has 1 fully saturated rings. The maximum absolute atomic E-state index is 12.4. The van der Waals surface area contributed by atoms with E-state index in [9.17, 15) is 13.2 Å². The van der Waals surface area contributed by atoms with E-state index in [1.54, 1.807) is 26.2 Å². The van der Waals surface area contributed by atoms with Gasteiger partial charge in [-0.15, -0.1) is 0 Å². The van der Waals surface area contributed by atoms with E-state index in [4.69, 9.17) is 9.47 Å². The number of hydrogen-bond acceptors (Lipinski definition) is 5. The molecule has 0 unspecified atom stereocenters. The van der Waals surface area contributed by atoms with Crippen LogP contribution in [0.3, 0.4) is 0 Å². The van der Waals surface area contributed by atoms with Crippen LogP contribution in [0.2, 0.25) is 0 Å². The minimum atomic E-state index is -3.51. The van der Waals surface area contributed by atoms with E-state index in [2.05, 4.69) is 0 Å². The molecule has 1 amide bonds. The highest BCUT2D eigenvalue weighted by Crippen LogP contribution is 2.24. The topological polar surface area (TPSA) is 76.1 Å². The Hall–Kier alpha value is -1.64. The molecule has 0 N–H and O–H groups in total. The first kappa shape index (κ1) is 16.7. The summed E-state index contributed by atoms with van der Waals surface area (Å²) in [5.74, 6) is 0.461. The SMILES string of the molecule is COc1ccc(S(=O)(=O)N2CC(OCC(=O)N(C)C)C2)cc1. The van der Waals surface area contributed by atoms with E-state index in [0.717, 1.165) is 0 Å². The van der Waals surface area contributed by atoms with Gasteiger partial charge in [-0.1, -0.05) is 0 Å². The maximum atomic E-state index is 12.4. The van der Waals surface area contributed by atoms with Gasteiger partial charge in [-0.3, -0.25) is 4.79 Å². The zero-order valence-electron chi connectivity index (χ0n) is 12.9. The number of nitrogens with zero attached hydrogens (tertiary/aromatic N) is 2. The van der Waals surface area contributed by atoms with Crippen molar-refractivity contribution in [1.29, 1.82) is 0 Å². The molecule has 1 saturated heterocycles. The van der Waals surface area contributed by atoms with E-state index in [1.807, 2.05) is 0 Å². The Morgan fingerprint density at radius 3 is 2.36 bits per heavy atom. The van der Waals surface area contributed by atoms with Gasteiger partial charge in [0.05, 0.1) is 18.1 Å². The zero-order valence-corrected chi connectivity index (χ0v) is 13.7. The van der Waals surface area contributed by atoms with E-state index in [0.29, 0.717) is 5.75 Å². The molecule has 122 valence electrons. The third kappa shape index (κ3) is 3.57. The second-order valence-electron chi connectivity index (χ2n) is 5.22. The lowest BCUT2D eigenvalue weighted by Crippen LogP contribution is -2.55. The molecule has 0 atom stereocenters. The van der Waals surface area contributed by atoms with Crippen LogP contribution in [0.1, 0.15) is 0 Å². The summed E-state index contributed by atoms with van der Waals surface area (Å²) in [4.78, 5) is 13.1. The predicted octanol–water partition coefficient (Wildman–Crippen LogP) is 0.173. The quantitative estimate of drug-likeness (QED) is 0.744. The summed E-state index contributed by atoms with van der Waals surface area (Å²) in [6.07, 6.45) is -0.239. The highest BCUT2D eigenvalue weighted by atomic mass is 32.2. The highest BCUT2D eigenvalue weighted by Gasteiger charge is 2.37. The molecule has 1 aromatic carbocycles. The van der Waals surface area contributed by atoms with Crippen LogP contribution in [0.4, 0.5) is 0 Å². The van der Waals surface area contributed by atoms with Gasteiger partial charge in [-0.05, 0) is 24.3 Å². The van der Waals surface area contributed by atoms with Crippen LogP contribution < -0.4 is 4.74 Å². The van der Waals surface area contributed by atoms with Crippen molar-refractivity contribution >= 4 is 15.9 Å². The molecule has 0 spiro atoms. The molecule has 0 aromatic heterocycles. The normalized spacial score (nSPS) is 16.1. The number of ether oxygens (including phenoxy) is 2. The molecule has 1 aliphatic rings. The van der Waals surface area contributed by atoms with Crippen molar-refractivity contribution in [3.05, 3.63) is 24.3 Å². The third-order valence-corrected chi connectivity index (χ3v) is 5.30. The molecule has 1 heterocycles. The molecular weight excluding hydrogens is 308 g/mol. The number of rotatable bonds is 6. The van der Waals surface area contributed by atoms with Crippen molar-refractivity contribution in [3.8, 4) is 5.75 Å². The van der Waals surface area contributed by atoms with Gasteiger partial charge in [0, 0.05) is 27.2 Å². The minimum absolute atomic E-state index is 0.0336. The Labute approximate surface area is 130 Å². The van der Waals surface area contributed by atoms with Gasteiger partial charge in [-0.25, -0.2) is 8.42 Å². The Morgan fingerprint density at radius 2 is 1.86 bits per heavy atom. The number of carbonyl (C=O) groups excluding carboxylic acids is 1. The summed E-state index contributed by atoms with van der Waals surface area (Å²) in [5, 5.41) is 0. The van der Waals surface area contributed by atoms with E-state index in [1.165, 1.54) is 28.4 Å². The van der Waals surface area contributed by atoms with Crippen LogP contribution in [-0.4, -0.2) is 70.5 Å². The van der Waals surface area contributed by atoms with E-state index in [-0.39, 0.29) is 36.6 Å². The minimum Gasteiger partial charge on any atom is -0.497 e. The molecule has 0 bridgehead atoms. The largest absolute Gasteiger partial charge is 0.497 e. The summed E-state index contributed by atoms with van der Waals surface area (Å²) in [7, 11) is 1.30. The average Bonchev–Trinajstić information content (AvgIpc) is 2.45. The van der Waals surface area contributed by atoms with Crippen molar-refractivity contribution in [2.75, 3.05) is 40.9 Å². The lowest BCUT2D eigenvalue weighted by Gasteiger charge is -2.37. The smallest absolute Gasteiger partial charge is 0.248 e. The van der Waals surface area contributed by atoms with Gasteiger partial charge in [0.1, 0.15) is 12.4 Å². The number of amides is 1. The first-order valence-electron chi connectivity index (χ1n) is 6.80. The van der Waals surface area contributed by atoms with Crippen LogP contribution in [0.5, 0.6) is 5.75 Å². The molecule has 0 aliphatic carbocycles. The van der Waals surface area contributed by atoms with Gasteiger partial charge < -0.3 is 14.4 Å². The number of sulfonamides is 1. The number of benzene rings is 1. The second kappa shape index (κ2) is 6.64. The summed E-state index contributed by atoms with van der Waals surface area (Å²) in [5.41, 5.74) is 0. The fourth-order valence-electron chi connectivity index (χ4n) is 1.92. The number of carbonyl (C=O) groups is 1. The number of methoxy groups -OCH3 is 1. The molecule has 1 aromatic rings. The third-order valence-electron chi connectivity index (χ3n) is 3.45. The molecule has 8 heteroatoms.